The molecule has 0 saturated heterocycles. The number of hydrogen-bond donors (Lipinski definition) is 1. The van der Waals surface area contributed by atoms with Crippen LogP contribution in [0.5, 0.6) is 0 Å². The van der Waals surface area contributed by atoms with Crippen molar-refractivity contribution < 1.29 is 14.3 Å². The third kappa shape index (κ3) is 4.54. The second-order valence-corrected chi connectivity index (χ2v) is 8.16. The minimum atomic E-state index is -0.736. The van der Waals surface area contributed by atoms with Crippen molar-refractivity contribution in [2.45, 2.75) is 32.0 Å². The SMILES string of the molecule is COC(=O)[C@H](Cc1ccccc1)NC(=O)N1CCCn2nc(-c3cccs3)cc2C1. The molecule has 0 spiro atoms. The molecule has 2 aromatic heterocycles. The molecule has 0 radical (unpaired) electrons. The van der Waals surface area contributed by atoms with Crippen molar-refractivity contribution in [1.29, 1.82) is 0 Å². The molecular weight excluding hydrogens is 400 g/mol. The van der Waals surface area contributed by atoms with Gasteiger partial charge in [0.15, 0.2) is 0 Å². The zero-order valence-corrected chi connectivity index (χ0v) is 17.6. The van der Waals surface area contributed by atoms with Gasteiger partial charge in [-0.15, -0.1) is 11.3 Å². The molecule has 4 rings (SSSR count). The van der Waals surface area contributed by atoms with Gasteiger partial charge in [0.2, 0.25) is 0 Å². The van der Waals surface area contributed by atoms with Crippen molar-refractivity contribution in [3.05, 3.63) is 65.2 Å². The zero-order chi connectivity index (χ0) is 20.9. The number of aromatic nitrogens is 2. The van der Waals surface area contributed by atoms with Crippen LogP contribution in [0.25, 0.3) is 10.6 Å². The van der Waals surface area contributed by atoms with E-state index in [0.717, 1.165) is 34.8 Å². The van der Waals surface area contributed by atoms with Crippen LogP contribution in [0.4, 0.5) is 4.79 Å². The number of nitrogens with zero attached hydrogens (tertiary/aromatic N) is 3. The summed E-state index contributed by atoms with van der Waals surface area (Å²) >= 11 is 1.65. The smallest absolute Gasteiger partial charge is 0.328 e. The molecule has 0 bridgehead atoms. The topological polar surface area (TPSA) is 76.5 Å². The van der Waals surface area contributed by atoms with E-state index in [-0.39, 0.29) is 6.03 Å². The number of thiophene rings is 1. The third-order valence-corrected chi connectivity index (χ3v) is 6.03. The van der Waals surface area contributed by atoms with Gasteiger partial charge in [0, 0.05) is 19.5 Å². The molecule has 156 valence electrons. The summed E-state index contributed by atoms with van der Waals surface area (Å²) in [7, 11) is 1.34. The van der Waals surface area contributed by atoms with Crippen LogP contribution in [0, 0.1) is 0 Å². The molecule has 2 amide bonds. The summed E-state index contributed by atoms with van der Waals surface area (Å²) in [4.78, 5) is 28.1. The summed E-state index contributed by atoms with van der Waals surface area (Å²) in [6.45, 7) is 1.81. The van der Waals surface area contributed by atoms with E-state index in [9.17, 15) is 9.59 Å². The lowest BCUT2D eigenvalue weighted by molar-refractivity contribution is -0.142. The fourth-order valence-corrected chi connectivity index (χ4v) is 4.29. The number of carbonyl (C=O) groups is 2. The molecule has 30 heavy (non-hydrogen) atoms. The van der Waals surface area contributed by atoms with Gasteiger partial charge >= 0.3 is 12.0 Å². The normalized spacial score (nSPS) is 14.5. The van der Waals surface area contributed by atoms with E-state index in [0.29, 0.717) is 19.5 Å². The maximum atomic E-state index is 13.0. The molecule has 3 heterocycles. The number of urea groups is 1. The number of hydrogen-bond acceptors (Lipinski definition) is 5. The number of esters is 1. The number of fused-ring (bicyclic) bond motifs is 1. The van der Waals surface area contributed by atoms with E-state index < -0.39 is 12.0 Å². The highest BCUT2D eigenvalue weighted by Crippen LogP contribution is 2.26. The van der Waals surface area contributed by atoms with E-state index in [1.807, 2.05) is 58.6 Å². The second-order valence-electron chi connectivity index (χ2n) is 7.21. The monoisotopic (exact) mass is 424 g/mol. The quantitative estimate of drug-likeness (QED) is 0.638. The Bertz CT molecular complexity index is 1000. The number of rotatable bonds is 5. The average Bonchev–Trinajstić information content (AvgIpc) is 3.39. The van der Waals surface area contributed by atoms with Crippen LogP contribution < -0.4 is 5.32 Å². The Kier molecular flexibility index (Phi) is 6.13. The number of ether oxygens (including phenoxy) is 1. The van der Waals surface area contributed by atoms with Gasteiger partial charge < -0.3 is 15.0 Å². The van der Waals surface area contributed by atoms with E-state index in [2.05, 4.69) is 5.32 Å². The first kappa shape index (κ1) is 20.2. The van der Waals surface area contributed by atoms with Gasteiger partial charge in [-0.05, 0) is 29.5 Å². The van der Waals surface area contributed by atoms with Crippen LogP contribution in [-0.4, -0.2) is 46.4 Å². The van der Waals surface area contributed by atoms with Gasteiger partial charge in [-0.1, -0.05) is 36.4 Å². The fourth-order valence-electron chi connectivity index (χ4n) is 3.61. The molecular formula is C22H24N4O3S. The summed E-state index contributed by atoms with van der Waals surface area (Å²) < 4.78 is 6.89. The van der Waals surface area contributed by atoms with Crippen LogP contribution in [0.2, 0.25) is 0 Å². The molecule has 0 aliphatic carbocycles. The minimum Gasteiger partial charge on any atom is -0.467 e. The predicted octanol–water partition coefficient (Wildman–Crippen LogP) is 3.31. The molecule has 3 aromatic rings. The van der Waals surface area contributed by atoms with Gasteiger partial charge in [0.1, 0.15) is 11.7 Å². The Morgan fingerprint density at radius 1 is 1.20 bits per heavy atom. The van der Waals surface area contributed by atoms with Crippen molar-refractivity contribution in [1.82, 2.24) is 20.0 Å². The maximum Gasteiger partial charge on any atom is 0.328 e. The zero-order valence-electron chi connectivity index (χ0n) is 16.8. The highest BCUT2D eigenvalue weighted by atomic mass is 32.1. The molecule has 0 saturated carbocycles. The lowest BCUT2D eigenvalue weighted by atomic mass is 10.1. The van der Waals surface area contributed by atoms with Gasteiger partial charge in [0.05, 0.1) is 24.2 Å². The standard InChI is InChI=1S/C22H24N4O3S/c1-29-21(27)19(13-16-7-3-2-4-8-16)23-22(28)25-10-6-11-26-17(15-25)14-18(24-26)20-9-5-12-30-20/h2-5,7-9,12,14,19H,6,10-11,13,15H2,1H3,(H,23,28)/t19-/m0/s1. The fraction of sp³-hybridized carbons (Fsp3) is 0.318. The van der Waals surface area contributed by atoms with Crippen LogP contribution in [0.15, 0.2) is 53.9 Å². The van der Waals surface area contributed by atoms with Gasteiger partial charge in [-0.25, -0.2) is 9.59 Å². The van der Waals surface area contributed by atoms with Crippen molar-refractivity contribution in [2.75, 3.05) is 13.7 Å². The highest BCUT2D eigenvalue weighted by molar-refractivity contribution is 7.13. The molecule has 1 aliphatic rings. The van der Waals surface area contributed by atoms with E-state index in [4.69, 9.17) is 9.84 Å². The van der Waals surface area contributed by atoms with Crippen LogP contribution in [0.1, 0.15) is 17.7 Å². The Labute approximate surface area is 179 Å². The summed E-state index contributed by atoms with van der Waals surface area (Å²) in [5.41, 5.74) is 2.88. The molecule has 0 fully saturated rings. The lowest BCUT2D eigenvalue weighted by Gasteiger charge is -2.24. The maximum absolute atomic E-state index is 13.0. The van der Waals surface area contributed by atoms with Crippen LogP contribution in [0.3, 0.4) is 0 Å². The molecule has 8 heteroatoms. The van der Waals surface area contributed by atoms with Crippen LogP contribution >= 0.6 is 11.3 Å². The summed E-state index contributed by atoms with van der Waals surface area (Å²) in [6.07, 6.45) is 1.18. The van der Waals surface area contributed by atoms with Crippen LogP contribution in [-0.2, 0) is 29.0 Å². The van der Waals surface area contributed by atoms with Gasteiger partial charge in [-0.3, -0.25) is 4.68 Å². The largest absolute Gasteiger partial charge is 0.467 e. The predicted molar refractivity (Wildman–Crippen MR) is 115 cm³/mol. The van der Waals surface area contributed by atoms with Gasteiger partial charge in [-0.2, -0.15) is 5.10 Å². The Morgan fingerprint density at radius 3 is 2.77 bits per heavy atom. The van der Waals surface area contributed by atoms with E-state index >= 15 is 0 Å². The molecule has 1 aliphatic heterocycles. The average molecular weight is 425 g/mol. The lowest BCUT2D eigenvalue weighted by Crippen LogP contribution is -2.49. The number of nitrogens with one attached hydrogen (secondary N) is 1. The first-order valence-electron chi connectivity index (χ1n) is 9.92. The Balaban J connectivity index is 1.47. The van der Waals surface area contributed by atoms with E-state index in [1.54, 1.807) is 16.2 Å². The molecule has 0 unspecified atom stereocenters. The van der Waals surface area contributed by atoms with Crippen molar-refractivity contribution in [3.8, 4) is 10.6 Å². The number of amides is 2. The summed E-state index contributed by atoms with van der Waals surface area (Å²) in [5, 5.41) is 9.59. The molecule has 1 N–H and O–H groups in total. The van der Waals surface area contributed by atoms with Crippen molar-refractivity contribution >= 4 is 23.3 Å². The highest BCUT2D eigenvalue weighted by Gasteiger charge is 2.27. The van der Waals surface area contributed by atoms with Crippen molar-refractivity contribution in [3.63, 3.8) is 0 Å². The molecule has 7 nitrogen and oxygen atoms in total. The molecule has 1 atom stereocenters. The third-order valence-electron chi connectivity index (χ3n) is 5.14. The number of benzene rings is 1. The first-order valence-corrected chi connectivity index (χ1v) is 10.8. The number of carbonyl (C=O) groups excluding carboxylic acids is 2. The second kappa shape index (κ2) is 9.13. The summed E-state index contributed by atoms with van der Waals surface area (Å²) in [5.74, 6) is -0.452. The Hall–Kier alpha value is -3.13. The Morgan fingerprint density at radius 2 is 2.03 bits per heavy atom. The molecule has 1 aromatic carbocycles. The van der Waals surface area contributed by atoms with Crippen molar-refractivity contribution in [2.24, 2.45) is 0 Å². The number of methoxy groups -OCH3 is 1. The van der Waals surface area contributed by atoms with Gasteiger partial charge in [0.25, 0.3) is 0 Å². The number of aryl methyl sites for hydroxylation is 1. The first-order chi connectivity index (χ1) is 14.6. The van der Waals surface area contributed by atoms with E-state index in [1.165, 1.54) is 7.11 Å². The minimum absolute atomic E-state index is 0.270. The summed E-state index contributed by atoms with van der Waals surface area (Å²) in [6, 6.07) is 14.7.